The van der Waals surface area contributed by atoms with Crippen LogP contribution in [0.15, 0.2) is 77.2 Å². The van der Waals surface area contributed by atoms with Crippen LogP contribution in [-0.2, 0) is 13.0 Å². The molecule has 8 heteroatoms. The van der Waals surface area contributed by atoms with Gasteiger partial charge in [-0.1, -0.05) is 35.3 Å². The summed E-state index contributed by atoms with van der Waals surface area (Å²) in [5.41, 5.74) is 3.47. The normalized spacial score (nSPS) is 12.7. The highest BCUT2D eigenvalue weighted by Gasteiger charge is 2.25. The molecule has 5 rings (SSSR count). The Morgan fingerprint density at radius 1 is 0.944 bits per heavy atom. The van der Waals surface area contributed by atoms with Crippen molar-refractivity contribution < 1.29 is 18.7 Å². The van der Waals surface area contributed by atoms with Crippen molar-refractivity contribution in [3.63, 3.8) is 0 Å². The highest BCUT2D eigenvalue weighted by Crippen LogP contribution is 2.32. The lowest BCUT2D eigenvalue weighted by Gasteiger charge is -2.26. The van der Waals surface area contributed by atoms with Gasteiger partial charge in [-0.05, 0) is 60.7 Å². The topological polar surface area (TPSA) is 71.8 Å². The molecular formula is C28H22Cl2N2O4. The molecule has 0 unspecified atom stereocenters. The van der Waals surface area contributed by atoms with Gasteiger partial charge >= 0.3 is 0 Å². The first kappa shape index (κ1) is 24.0. The minimum absolute atomic E-state index is 0.106. The number of amides is 2. The molecule has 1 aliphatic rings. The average Bonchev–Trinajstić information content (AvgIpc) is 3.33. The number of fused-ring (bicyclic) bond motifs is 1. The Bertz CT molecular complexity index is 1450. The number of carbonyl (C=O) groups is 2. The number of hydrogen-bond acceptors (Lipinski definition) is 4. The Labute approximate surface area is 218 Å². The number of rotatable bonds is 5. The summed E-state index contributed by atoms with van der Waals surface area (Å²) in [7, 11) is 1.58. The molecule has 0 aliphatic carbocycles. The zero-order valence-electron chi connectivity index (χ0n) is 19.4. The lowest BCUT2D eigenvalue weighted by molar-refractivity contribution is 0.0730. The van der Waals surface area contributed by atoms with Crippen molar-refractivity contribution in [1.29, 1.82) is 0 Å². The number of ether oxygens (including phenoxy) is 1. The van der Waals surface area contributed by atoms with Gasteiger partial charge in [0, 0.05) is 47.5 Å². The van der Waals surface area contributed by atoms with Gasteiger partial charge in [-0.15, -0.1) is 0 Å². The van der Waals surface area contributed by atoms with E-state index in [9.17, 15) is 9.59 Å². The van der Waals surface area contributed by atoms with Gasteiger partial charge in [0.15, 0.2) is 0 Å². The summed E-state index contributed by atoms with van der Waals surface area (Å²) >= 11 is 12.1. The van der Waals surface area contributed by atoms with Crippen LogP contribution in [0.25, 0.3) is 11.3 Å². The highest BCUT2D eigenvalue weighted by atomic mass is 35.5. The summed E-state index contributed by atoms with van der Waals surface area (Å²) in [6.45, 7) is 0.975. The molecule has 4 aromatic rings. The molecule has 1 N–H and O–H groups in total. The van der Waals surface area contributed by atoms with Gasteiger partial charge in [-0.25, -0.2) is 0 Å². The van der Waals surface area contributed by atoms with E-state index in [1.54, 1.807) is 54.5 Å². The molecule has 6 nitrogen and oxygen atoms in total. The molecule has 0 fully saturated rings. The maximum Gasteiger partial charge on any atom is 0.255 e. The van der Waals surface area contributed by atoms with Gasteiger partial charge in [0.2, 0.25) is 0 Å². The van der Waals surface area contributed by atoms with Gasteiger partial charge in [-0.2, -0.15) is 0 Å². The van der Waals surface area contributed by atoms with Crippen LogP contribution >= 0.6 is 23.2 Å². The molecular weight excluding hydrogens is 499 g/mol. The predicted molar refractivity (Wildman–Crippen MR) is 140 cm³/mol. The number of nitrogens with zero attached hydrogens (tertiary/aromatic N) is 1. The van der Waals surface area contributed by atoms with Crippen LogP contribution < -0.4 is 10.1 Å². The summed E-state index contributed by atoms with van der Waals surface area (Å²) in [4.78, 5) is 27.4. The zero-order chi connectivity index (χ0) is 25.2. The second kappa shape index (κ2) is 10.1. The number of benzene rings is 3. The molecule has 0 radical (unpaired) electrons. The summed E-state index contributed by atoms with van der Waals surface area (Å²) in [5.74, 6) is 1.91. The van der Waals surface area contributed by atoms with Crippen molar-refractivity contribution in [2.75, 3.05) is 19.0 Å². The molecule has 2 heterocycles. The molecule has 0 atom stereocenters. The maximum atomic E-state index is 13.0. The van der Waals surface area contributed by atoms with Crippen LogP contribution in [0.2, 0.25) is 10.0 Å². The van der Waals surface area contributed by atoms with Crippen LogP contribution in [0, 0.1) is 0 Å². The number of anilines is 1. The van der Waals surface area contributed by atoms with E-state index in [0.717, 1.165) is 16.9 Å². The Balaban J connectivity index is 1.31. The van der Waals surface area contributed by atoms with Gasteiger partial charge < -0.3 is 19.4 Å². The van der Waals surface area contributed by atoms with Crippen LogP contribution in [0.1, 0.15) is 32.0 Å². The average molecular weight is 521 g/mol. The Morgan fingerprint density at radius 3 is 2.47 bits per heavy atom. The Kier molecular flexibility index (Phi) is 6.72. The van der Waals surface area contributed by atoms with E-state index in [4.69, 9.17) is 32.4 Å². The number of furan rings is 1. The number of carbonyl (C=O) groups excluding carboxylic acids is 2. The zero-order valence-corrected chi connectivity index (χ0v) is 20.9. The van der Waals surface area contributed by atoms with Crippen LogP contribution in [0.5, 0.6) is 5.75 Å². The fourth-order valence-electron chi connectivity index (χ4n) is 4.16. The summed E-state index contributed by atoms with van der Waals surface area (Å²) in [6, 6.07) is 21.2. The third kappa shape index (κ3) is 4.96. The summed E-state index contributed by atoms with van der Waals surface area (Å²) < 4.78 is 11.3. The van der Waals surface area contributed by atoms with Crippen molar-refractivity contribution in [3.05, 3.63) is 105 Å². The molecule has 0 spiro atoms. The molecule has 36 heavy (non-hydrogen) atoms. The van der Waals surface area contributed by atoms with E-state index < -0.39 is 0 Å². The first-order valence-electron chi connectivity index (χ1n) is 11.3. The Hall–Kier alpha value is -3.74. The van der Waals surface area contributed by atoms with Crippen molar-refractivity contribution >= 4 is 40.7 Å². The van der Waals surface area contributed by atoms with E-state index in [2.05, 4.69) is 5.32 Å². The van der Waals surface area contributed by atoms with Gasteiger partial charge in [-0.3, -0.25) is 9.59 Å². The van der Waals surface area contributed by atoms with E-state index >= 15 is 0 Å². The predicted octanol–water partition coefficient (Wildman–Crippen LogP) is 6.71. The van der Waals surface area contributed by atoms with Crippen LogP contribution in [-0.4, -0.2) is 30.4 Å². The van der Waals surface area contributed by atoms with Crippen molar-refractivity contribution in [1.82, 2.24) is 4.90 Å². The Morgan fingerprint density at radius 2 is 1.72 bits per heavy atom. The highest BCUT2D eigenvalue weighted by molar-refractivity contribution is 6.42. The largest absolute Gasteiger partial charge is 0.497 e. The SMILES string of the molecule is COc1ccc(C(=O)Nc2cccc(-c3cc4c(o3)CCN(C(=O)c3ccc(Cl)c(Cl)c3)C4)c2)cc1. The lowest BCUT2D eigenvalue weighted by atomic mass is 10.1. The monoisotopic (exact) mass is 520 g/mol. The first-order valence-corrected chi connectivity index (χ1v) is 12.1. The second-order valence-electron chi connectivity index (χ2n) is 8.43. The standard InChI is InChI=1S/C28H22Cl2N2O4/c1-35-22-8-5-17(6-9-22)27(33)31-21-4-2-3-18(13-21)26-15-20-16-32(12-11-25(20)36-26)28(34)19-7-10-23(29)24(30)14-19/h2-10,13-15H,11-12,16H2,1H3,(H,31,33). The van der Waals surface area contributed by atoms with E-state index in [0.29, 0.717) is 57.9 Å². The minimum atomic E-state index is -0.218. The number of hydrogen-bond donors (Lipinski definition) is 1. The van der Waals surface area contributed by atoms with E-state index in [1.165, 1.54) is 0 Å². The molecule has 0 bridgehead atoms. The maximum absolute atomic E-state index is 13.0. The third-order valence-electron chi connectivity index (χ3n) is 6.08. The first-order chi connectivity index (χ1) is 17.4. The smallest absolute Gasteiger partial charge is 0.255 e. The fraction of sp³-hybridized carbons (Fsp3) is 0.143. The lowest BCUT2D eigenvalue weighted by Crippen LogP contribution is -2.35. The molecule has 0 saturated carbocycles. The van der Waals surface area contributed by atoms with E-state index in [1.807, 2.05) is 30.3 Å². The molecule has 3 aromatic carbocycles. The van der Waals surface area contributed by atoms with Gasteiger partial charge in [0.1, 0.15) is 17.3 Å². The fourth-order valence-corrected chi connectivity index (χ4v) is 4.45. The number of nitrogens with one attached hydrogen (secondary N) is 1. The number of methoxy groups -OCH3 is 1. The van der Waals surface area contributed by atoms with Crippen molar-refractivity contribution in [2.24, 2.45) is 0 Å². The van der Waals surface area contributed by atoms with Gasteiger partial charge in [0.25, 0.3) is 11.8 Å². The quantitative estimate of drug-likeness (QED) is 0.317. The molecule has 2 amide bonds. The van der Waals surface area contributed by atoms with E-state index in [-0.39, 0.29) is 11.8 Å². The molecule has 1 aliphatic heterocycles. The minimum Gasteiger partial charge on any atom is -0.497 e. The molecule has 182 valence electrons. The number of halogens is 2. The summed E-state index contributed by atoms with van der Waals surface area (Å²) in [6.07, 6.45) is 0.607. The van der Waals surface area contributed by atoms with Crippen LogP contribution in [0.4, 0.5) is 5.69 Å². The van der Waals surface area contributed by atoms with Gasteiger partial charge in [0.05, 0.1) is 17.2 Å². The second-order valence-corrected chi connectivity index (χ2v) is 9.24. The molecule has 1 aromatic heterocycles. The summed E-state index contributed by atoms with van der Waals surface area (Å²) in [5, 5.41) is 3.69. The third-order valence-corrected chi connectivity index (χ3v) is 6.82. The molecule has 0 saturated heterocycles. The van der Waals surface area contributed by atoms with Crippen molar-refractivity contribution in [3.8, 4) is 17.1 Å². The van der Waals surface area contributed by atoms with Crippen LogP contribution in [0.3, 0.4) is 0 Å². The van der Waals surface area contributed by atoms with Crippen molar-refractivity contribution in [2.45, 2.75) is 13.0 Å².